The van der Waals surface area contributed by atoms with Gasteiger partial charge in [0.2, 0.25) is 0 Å². The third kappa shape index (κ3) is 4.27. The van der Waals surface area contributed by atoms with E-state index >= 15 is 0 Å². The fraction of sp³-hybridized carbons (Fsp3) is 0.421. The molecule has 2 heterocycles. The Morgan fingerprint density at radius 2 is 1.85 bits per heavy atom. The van der Waals surface area contributed by atoms with Crippen LogP contribution in [0.5, 0.6) is 0 Å². The molecule has 1 amide bonds. The summed E-state index contributed by atoms with van der Waals surface area (Å²) in [5.74, 6) is -0.0252. The van der Waals surface area contributed by atoms with Crippen molar-refractivity contribution in [1.29, 1.82) is 0 Å². The van der Waals surface area contributed by atoms with Crippen molar-refractivity contribution < 1.29 is 22.4 Å². The standard InChI is InChI=1S/C19H21F3N2O2/c20-19(21,22)15-8-3-2-7-14(15)18(25)23-13-16(17-9-6-12-26-17)24-10-4-1-5-11-24/h2-3,6-9,12,16H,1,4-5,10-11,13H2,(H,23,25)/t16-/m1/s1. The maximum absolute atomic E-state index is 13.1. The monoisotopic (exact) mass is 366 g/mol. The average molecular weight is 366 g/mol. The minimum atomic E-state index is -4.57. The number of nitrogens with zero attached hydrogens (tertiary/aromatic N) is 1. The van der Waals surface area contributed by atoms with Gasteiger partial charge in [-0.3, -0.25) is 9.69 Å². The van der Waals surface area contributed by atoms with E-state index in [0.29, 0.717) is 5.76 Å². The smallest absolute Gasteiger partial charge is 0.417 e. The molecule has 0 spiro atoms. The largest absolute Gasteiger partial charge is 0.468 e. The molecule has 1 aromatic carbocycles. The van der Waals surface area contributed by atoms with Gasteiger partial charge in [-0.2, -0.15) is 13.2 Å². The van der Waals surface area contributed by atoms with Crippen molar-refractivity contribution in [2.45, 2.75) is 31.5 Å². The van der Waals surface area contributed by atoms with Crippen LogP contribution in [-0.4, -0.2) is 30.4 Å². The third-order valence-corrected chi connectivity index (χ3v) is 4.64. The van der Waals surface area contributed by atoms with Gasteiger partial charge in [-0.1, -0.05) is 18.6 Å². The summed E-state index contributed by atoms with van der Waals surface area (Å²) in [7, 11) is 0. The van der Waals surface area contributed by atoms with E-state index in [1.54, 1.807) is 12.3 Å². The Morgan fingerprint density at radius 1 is 1.12 bits per heavy atom. The summed E-state index contributed by atoms with van der Waals surface area (Å²) in [6.07, 6.45) is 0.269. The molecule has 0 aliphatic carbocycles. The van der Waals surface area contributed by atoms with E-state index in [9.17, 15) is 18.0 Å². The van der Waals surface area contributed by atoms with Crippen LogP contribution in [0.15, 0.2) is 47.1 Å². The van der Waals surface area contributed by atoms with E-state index in [-0.39, 0.29) is 18.2 Å². The highest BCUT2D eigenvalue weighted by Crippen LogP contribution is 2.32. The van der Waals surface area contributed by atoms with Crippen LogP contribution in [0.1, 0.15) is 47.0 Å². The molecule has 0 bridgehead atoms. The second-order valence-corrected chi connectivity index (χ2v) is 6.38. The normalized spacial score (nSPS) is 17.0. The van der Waals surface area contributed by atoms with E-state index in [1.165, 1.54) is 18.2 Å². The Kier molecular flexibility index (Phi) is 5.66. The maximum Gasteiger partial charge on any atom is 0.417 e. The summed E-state index contributed by atoms with van der Waals surface area (Å²) in [4.78, 5) is 14.6. The SMILES string of the molecule is O=C(NC[C@H](c1ccco1)N1CCCCC1)c1ccccc1C(F)(F)F. The molecule has 0 unspecified atom stereocenters. The molecule has 3 rings (SSSR count). The fourth-order valence-electron chi connectivity index (χ4n) is 3.33. The van der Waals surface area contributed by atoms with Crippen LogP contribution in [0, 0.1) is 0 Å². The lowest BCUT2D eigenvalue weighted by Crippen LogP contribution is -2.40. The Morgan fingerprint density at radius 3 is 2.50 bits per heavy atom. The van der Waals surface area contributed by atoms with Gasteiger partial charge in [0.15, 0.2) is 0 Å². The minimum absolute atomic E-state index is 0.188. The number of rotatable bonds is 5. The van der Waals surface area contributed by atoms with Gasteiger partial charge in [0, 0.05) is 6.54 Å². The van der Waals surface area contributed by atoms with Gasteiger partial charge in [-0.15, -0.1) is 0 Å². The van der Waals surface area contributed by atoms with E-state index in [2.05, 4.69) is 10.2 Å². The van der Waals surface area contributed by atoms with Crippen molar-refractivity contribution in [2.75, 3.05) is 19.6 Å². The van der Waals surface area contributed by atoms with Crippen LogP contribution in [0.2, 0.25) is 0 Å². The topological polar surface area (TPSA) is 45.5 Å². The van der Waals surface area contributed by atoms with Gasteiger partial charge in [0.25, 0.3) is 5.91 Å². The number of carbonyl (C=O) groups excluding carboxylic acids is 1. The van der Waals surface area contributed by atoms with Crippen molar-refractivity contribution in [3.8, 4) is 0 Å². The van der Waals surface area contributed by atoms with Crippen LogP contribution in [-0.2, 0) is 6.18 Å². The first-order chi connectivity index (χ1) is 12.5. The molecule has 1 aliphatic rings. The summed E-state index contributed by atoms with van der Waals surface area (Å²) in [5.41, 5.74) is -1.29. The van der Waals surface area contributed by atoms with Crippen molar-refractivity contribution in [3.05, 3.63) is 59.5 Å². The molecule has 7 heteroatoms. The number of hydrogen-bond acceptors (Lipinski definition) is 3. The van der Waals surface area contributed by atoms with Gasteiger partial charge < -0.3 is 9.73 Å². The number of nitrogens with one attached hydrogen (secondary N) is 1. The van der Waals surface area contributed by atoms with E-state index in [0.717, 1.165) is 38.4 Å². The van der Waals surface area contributed by atoms with Crippen LogP contribution in [0.3, 0.4) is 0 Å². The zero-order chi connectivity index (χ0) is 18.6. The highest BCUT2D eigenvalue weighted by Gasteiger charge is 2.35. The zero-order valence-electron chi connectivity index (χ0n) is 14.3. The maximum atomic E-state index is 13.1. The number of benzene rings is 1. The lowest BCUT2D eigenvalue weighted by molar-refractivity contribution is -0.137. The lowest BCUT2D eigenvalue weighted by Gasteiger charge is -2.33. The number of carbonyl (C=O) groups is 1. The van der Waals surface area contributed by atoms with Crippen LogP contribution in [0.4, 0.5) is 13.2 Å². The minimum Gasteiger partial charge on any atom is -0.468 e. The predicted octanol–water partition coefficient (Wildman–Crippen LogP) is 4.26. The molecule has 26 heavy (non-hydrogen) atoms. The second-order valence-electron chi connectivity index (χ2n) is 6.38. The molecular weight excluding hydrogens is 345 g/mol. The average Bonchev–Trinajstić information content (AvgIpc) is 3.16. The molecule has 140 valence electrons. The zero-order valence-corrected chi connectivity index (χ0v) is 14.3. The predicted molar refractivity (Wildman–Crippen MR) is 90.7 cm³/mol. The van der Waals surface area contributed by atoms with Crippen molar-refractivity contribution in [2.24, 2.45) is 0 Å². The van der Waals surface area contributed by atoms with Gasteiger partial charge in [0.1, 0.15) is 5.76 Å². The third-order valence-electron chi connectivity index (χ3n) is 4.64. The van der Waals surface area contributed by atoms with Crippen molar-refractivity contribution in [3.63, 3.8) is 0 Å². The van der Waals surface area contributed by atoms with E-state index in [1.807, 2.05) is 6.07 Å². The van der Waals surface area contributed by atoms with E-state index < -0.39 is 17.6 Å². The molecule has 1 saturated heterocycles. The number of likely N-dealkylation sites (tertiary alicyclic amines) is 1. The van der Waals surface area contributed by atoms with Crippen molar-refractivity contribution >= 4 is 5.91 Å². The van der Waals surface area contributed by atoms with Crippen LogP contribution < -0.4 is 5.32 Å². The molecular formula is C19H21F3N2O2. The van der Waals surface area contributed by atoms with Crippen LogP contribution >= 0.6 is 0 Å². The highest BCUT2D eigenvalue weighted by atomic mass is 19.4. The lowest BCUT2D eigenvalue weighted by atomic mass is 10.0. The Balaban J connectivity index is 1.74. The number of piperidine rings is 1. The first-order valence-corrected chi connectivity index (χ1v) is 8.68. The Bertz CT molecular complexity index is 723. The molecule has 0 saturated carbocycles. The molecule has 1 atom stereocenters. The number of amides is 1. The molecule has 0 radical (unpaired) electrons. The van der Waals surface area contributed by atoms with Gasteiger partial charge in [0.05, 0.1) is 23.4 Å². The number of halogens is 3. The van der Waals surface area contributed by atoms with Crippen LogP contribution in [0.25, 0.3) is 0 Å². The summed E-state index contributed by atoms with van der Waals surface area (Å²) in [6, 6.07) is 8.23. The fourth-order valence-corrected chi connectivity index (χ4v) is 3.33. The quantitative estimate of drug-likeness (QED) is 0.860. The molecule has 1 aromatic heterocycles. The highest BCUT2D eigenvalue weighted by molar-refractivity contribution is 5.95. The van der Waals surface area contributed by atoms with Gasteiger partial charge in [-0.05, 0) is 50.2 Å². The molecule has 1 aliphatic heterocycles. The summed E-state index contributed by atoms with van der Waals surface area (Å²) >= 11 is 0. The Hall–Kier alpha value is -2.28. The number of furan rings is 1. The summed E-state index contributed by atoms with van der Waals surface area (Å²) in [5, 5.41) is 2.66. The number of alkyl halides is 3. The number of hydrogen-bond donors (Lipinski definition) is 1. The first-order valence-electron chi connectivity index (χ1n) is 8.68. The van der Waals surface area contributed by atoms with Crippen molar-refractivity contribution in [1.82, 2.24) is 10.2 Å². The van der Waals surface area contributed by atoms with Gasteiger partial charge in [-0.25, -0.2) is 0 Å². The molecule has 1 N–H and O–H groups in total. The van der Waals surface area contributed by atoms with Gasteiger partial charge >= 0.3 is 6.18 Å². The first kappa shape index (κ1) is 18.5. The molecule has 4 nitrogen and oxygen atoms in total. The summed E-state index contributed by atoms with van der Waals surface area (Å²) in [6.45, 7) is 1.94. The molecule has 1 fully saturated rings. The summed E-state index contributed by atoms with van der Waals surface area (Å²) < 4.78 is 44.8. The van der Waals surface area contributed by atoms with E-state index in [4.69, 9.17) is 4.42 Å². The molecule has 2 aromatic rings. The Labute approximate surface area is 150 Å². The second kappa shape index (κ2) is 7.95.